The Morgan fingerprint density at radius 1 is 1.28 bits per heavy atom. The van der Waals surface area contributed by atoms with E-state index < -0.39 is 0 Å². The summed E-state index contributed by atoms with van der Waals surface area (Å²) in [5.41, 5.74) is 3.19. The van der Waals surface area contributed by atoms with Crippen LogP contribution in [0.15, 0.2) is 41.2 Å². The van der Waals surface area contributed by atoms with E-state index in [-0.39, 0.29) is 30.0 Å². The second-order valence-corrected chi connectivity index (χ2v) is 6.61. The number of amides is 1. The van der Waals surface area contributed by atoms with Crippen LogP contribution < -0.4 is 10.9 Å². The molecule has 2 atom stereocenters. The lowest BCUT2D eigenvalue weighted by atomic mass is 9.88. The fourth-order valence-corrected chi connectivity index (χ4v) is 3.43. The van der Waals surface area contributed by atoms with E-state index in [0.717, 1.165) is 29.7 Å². The van der Waals surface area contributed by atoms with E-state index in [1.807, 2.05) is 50.2 Å². The molecule has 0 bridgehead atoms. The summed E-state index contributed by atoms with van der Waals surface area (Å²) in [6.07, 6.45) is 1.42. The molecule has 25 heavy (non-hydrogen) atoms. The number of rotatable bonds is 4. The van der Waals surface area contributed by atoms with Gasteiger partial charge in [-0.15, -0.1) is 0 Å². The molecule has 0 saturated carbocycles. The number of carbonyl (C=O) groups is 1. The number of hydrogen-bond acceptors (Lipinski definition) is 3. The van der Waals surface area contributed by atoms with Gasteiger partial charge in [-0.2, -0.15) is 0 Å². The van der Waals surface area contributed by atoms with E-state index in [2.05, 4.69) is 10.3 Å². The number of aromatic amines is 1. The third-order valence-electron chi connectivity index (χ3n) is 4.72. The van der Waals surface area contributed by atoms with Crippen LogP contribution >= 0.6 is 0 Å². The largest absolute Gasteiger partial charge is 0.373 e. The van der Waals surface area contributed by atoms with E-state index >= 15 is 0 Å². The van der Waals surface area contributed by atoms with E-state index in [4.69, 9.17) is 4.74 Å². The van der Waals surface area contributed by atoms with Crippen LogP contribution in [0.3, 0.4) is 0 Å². The Hall–Kier alpha value is -2.40. The Morgan fingerprint density at radius 2 is 2.04 bits per heavy atom. The number of ether oxygens (including phenoxy) is 1. The van der Waals surface area contributed by atoms with Gasteiger partial charge in [0.1, 0.15) is 0 Å². The van der Waals surface area contributed by atoms with Crippen molar-refractivity contribution in [3.63, 3.8) is 0 Å². The molecule has 0 radical (unpaired) electrons. The highest BCUT2D eigenvalue weighted by molar-refractivity contribution is 5.79. The zero-order valence-electron chi connectivity index (χ0n) is 14.7. The van der Waals surface area contributed by atoms with E-state index in [0.29, 0.717) is 12.2 Å². The van der Waals surface area contributed by atoms with Gasteiger partial charge in [0.25, 0.3) is 5.56 Å². The molecule has 5 heteroatoms. The SMILES string of the molecule is Cc1cc(C)c(CNC(=O)[C@@H]2CCCO[C@H]2c2ccccc2)c(=O)[nH]1. The van der Waals surface area contributed by atoms with Crippen LogP contribution in [0.5, 0.6) is 0 Å². The van der Waals surface area contributed by atoms with Crippen LogP contribution in [0.4, 0.5) is 0 Å². The van der Waals surface area contributed by atoms with Crippen LogP contribution in [0, 0.1) is 19.8 Å². The highest BCUT2D eigenvalue weighted by Crippen LogP contribution is 2.33. The van der Waals surface area contributed by atoms with Gasteiger partial charge < -0.3 is 15.0 Å². The summed E-state index contributed by atoms with van der Waals surface area (Å²) in [7, 11) is 0. The van der Waals surface area contributed by atoms with Gasteiger partial charge >= 0.3 is 0 Å². The quantitative estimate of drug-likeness (QED) is 0.899. The standard InChI is InChI=1S/C20H24N2O3/c1-13-11-14(2)22-20(24)17(13)12-21-19(23)16-9-6-10-25-18(16)15-7-4-3-5-8-15/h3-5,7-8,11,16,18H,6,9-10,12H2,1-2H3,(H,21,23)(H,22,24)/t16-,18+/m1/s1. The molecule has 2 N–H and O–H groups in total. The number of aryl methyl sites for hydroxylation is 2. The molecular weight excluding hydrogens is 316 g/mol. The molecule has 3 rings (SSSR count). The van der Waals surface area contributed by atoms with Crippen molar-refractivity contribution in [1.29, 1.82) is 0 Å². The van der Waals surface area contributed by atoms with Crippen molar-refractivity contribution >= 4 is 5.91 Å². The Labute approximate surface area is 147 Å². The predicted octanol–water partition coefficient (Wildman–Crippen LogP) is 2.78. The molecule has 1 fully saturated rings. The minimum atomic E-state index is -0.235. The van der Waals surface area contributed by atoms with Gasteiger partial charge in [0, 0.05) is 24.4 Å². The summed E-state index contributed by atoms with van der Waals surface area (Å²) in [5.74, 6) is -0.297. The lowest BCUT2D eigenvalue weighted by molar-refractivity contribution is -0.134. The lowest BCUT2D eigenvalue weighted by Crippen LogP contribution is -2.38. The Balaban J connectivity index is 1.72. The van der Waals surface area contributed by atoms with Gasteiger partial charge in [0.2, 0.25) is 5.91 Å². The molecule has 0 unspecified atom stereocenters. The summed E-state index contributed by atoms with van der Waals surface area (Å²) >= 11 is 0. The van der Waals surface area contributed by atoms with Crippen molar-refractivity contribution < 1.29 is 9.53 Å². The molecule has 1 aliphatic heterocycles. The number of nitrogens with one attached hydrogen (secondary N) is 2. The first kappa shape index (κ1) is 17.4. The monoisotopic (exact) mass is 340 g/mol. The molecule has 1 aromatic heterocycles. The van der Waals surface area contributed by atoms with Gasteiger partial charge in [-0.25, -0.2) is 0 Å². The van der Waals surface area contributed by atoms with Crippen LogP contribution in [0.1, 0.15) is 41.3 Å². The molecule has 132 valence electrons. The van der Waals surface area contributed by atoms with Crippen molar-refractivity contribution in [1.82, 2.24) is 10.3 Å². The van der Waals surface area contributed by atoms with Crippen molar-refractivity contribution in [2.75, 3.05) is 6.61 Å². The van der Waals surface area contributed by atoms with Gasteiger partial charge in [0.15, 0.2) is 0 Å². The van der Waals surface area contributed by atoms with Crippen LogP contribution in [0.2, 0.25) is 0 Å². The number of H-pyrrole nitrogens is 1. The van der Waals surface area contributed by atoms with Gasteiger partial charge in [0.05, 0.1) is 12.0 Å². The van der Waals surface area contributed by atoms with Crippen LogP contribution in [0.25, 0.3) is 0 Å². The summed E-state index contributed by atoms with van der Waals surface area (Å²) in [5, 5.41) is 2.93. The zero-order chi connectivity index (χ0) is 17.8. The third kappa shape index (κ3) is 3.99. The fourth-order valence-electron chi connectivity index (χ4n) is 3.43. The molecule has 1 aromatic carbocycles. The number of carbonyl (C=O) groups excluding carboxylic acids is 1. The number of pyridine rings is 1. The van der Waals surface area contributed by atoms with E-state index in [1.54, 1.807) is 0 Å². The van der Waals surface area contributed by atoms with Crippen molar-refractivity contribution in [3.8, 4) is 0 Å². The predicted molar refractivity (Wildman–Crippen MR) is 96.2 cm³/mol. The maximum atomic E-state index is 12.7. The molecular formula is C20H24N2O3. The first-order valence-corrected chi connectivity index (χ1v) is 8.70. The average Bonchev–Trinajstić information content (AvgIpc) is 2.61. The van der Waals surface area contributed by atoms with Gasteiger partial charge in [-0.1, -0.05) is 30.3 Å². The minimum absolute atomic E-state index is 0.0621. The molecule has 1 amide bonds. The lowest BCUT2D eigenvalue weighted by Gasteiger charge is -2.31. The third-order valence-corrected chi connectivity index (χ3v) is 4.72. The number of benzene rings is 1. The molecule has 2 aromatic rings. The van der Waals surface area contributed by atoms with Crippen molar-refractivity contribution in [2.24, 2.45) is 5.92 Å². The highest BCUT2D eigenvalue weighted by Gasteiger charge is 2.32. The molecule has 2 heterocycles. The number of hydrogen-bond donors (Lipinski definition) is 2. The second kappa shape index (κ2) is 7.66. The fraction of sp³-hybridized carbons (Fsp3) is 0.400. The zero-order valence-corrected chi connectivity index (χ0v) is 14.7. The Morgan fingerprint density at radius 3 is 2.76 bits per heavy atom. The van der Waals surface area contributed by atoms with Crippen molar-refractivity contribution in [2.45, 2.75) is 39.3 Å². The minimum Gasteiger partial charge on any atom is -0.373 e. The number of aromatic nitrogens is 1. The smallest absolute Gasteiger partial charge is 0.253 e. The molecule has 1 saturated heterocycles. The summed E-state index contributed by atoms with van der Waals surface area (Å²) in [4.78, 5) is 27.6. The summed E-state index contributed by atoms with van der Waals surface area (Å²) < 4.78 is 5.88. The van der Waals surface area contributed by atoms with E-state index in [9.17, 15) is 9.59 Å². The molecule has 0 aliphatic carbocycles. The Kier molecular flexibility index (Phi) is 5.34. The van der Waals surface area contributed by atoms with Gasteiger partial charge in [-0.05, 0) is 43.9 Å². The first-order valence-electron chi connectivity index (χ1n) is 8.70. The molecule has 0 spiro atoms. The molecule has 5 nitrogen and oxygen atoms in total. The van der Waals surface area contributed by atoms with E-state index in [1.165, 1.54) is 0 Å². The van der Waals surface area contributed by atoms with Crippen LogP contribution in [-0.2, 0) is 16.1 Å². The topological polar surface area (TPSA) is 71.2 Å². The maximum Gasteiger partial charge on any atom is 0.253 e. The maximum absolute atomic E-state index is 12.7. The van der Waals surface area contributed by atoms with Gasteiger partial charge in [-0.3, -0.25) is 9.59 Å². The summed E-state index contributed by atoms with van der Waals surface area (Å²) in [6, 6.07) is 11.8. The highest BCUT2D eigenvalue weighted by atomic mass is 16.5. The normalized spacial score (nSPS) is 20.2. The average molecular weight is 340 g/mol. The van der Waals surface area contributed by atoms with Crippen molar-refractivity contribution in [3.05, 3.63) is 69.1 Å². The van der Waals surface area contributed by atoms with Crippen LogP contribution in [-0.4, -0.2) is 17.5 Å². The summed E-state index contributed by atoms with van der Waals surface area (Å²) in [6.45, 7) is 4.64. The second-order valence-electron chi connectivity index (χ2n) is 6.61. The molecule has 1 aliphatic rings. The Bertz CT molecular complexity index is 798. The first-order chi connectivity index (χ1) is 12.1.